The Bertz CT molecular complexity index is 247. The summed E-state index contributed by atoms with van der Waals surface area (Å²) in [5, 5.41) is 3.01. The number of carbonyl (C=O) groups excluding carboxylic acids is 1. The van der Waals surface area contributed by atoms with Crippen LogP contribution in [0.5, 0.6) is 0 Å². The summed E-state index contributed by atoms with van der Waals surface area (Å²) in [6, 6.07) is 0. The Labute approximate surface area is 116 Å². The second kappa shape index (κ2) is 8.73. The summed E-state index contributed by atoms with van der Waals surface area (Å²) in [5.74, 6) is 0.512. The van der Waals surface area contributed by atoms with Gasteiger partial charge in [0.2, 0.25) is 5.91 Å². The van der Waals surface area contributed by atoms with E-state index in [1.165, 1.54) is 19.3 Å². The van der Waals surface area contributed by atoms with E-state index < -0.39 is 0 Å². The highest BCUT2D eigenvalue weighted by Crippen LogP contribution is 2.38. The lowest BCUT2D eigenvalue weighted by molar-refractivity contribution is -0.127. The predicted octanol–water partition coefficient (Wildman–Crippen LogP) is 1.86. The smallest absolute Gasteiger partial charge is 0.246 e. The predicted molar refractivity (Wildman–Crippen MR) is 75.9 cm³/mol. The molecule has 0 spiro atoms. The zero-order chi connectivity index (χ0) is 12.7. The van der Waals surface area contributed by atoms with Gasteiger partial charge in [0.05, 0.1) is 5.54 Å². The lowest BCUT2D eigenvalue weighted by Gasteiger charge is -2.29. The second-order valence-electron chi connectivity index (χ2n) is 5.20. The van der Waals surface area contributed by atoms with Crippen LogP contribution in [-0.2, 0) is 9.53 Å². The molecule has 1 amide bonds. The quantitative estimate of drug-likeness (QED) is 0.633. The summed E-state index contributed by atoms with van der Waals surface area (Å²) in [5.41, 5.74) is 5.50. The highest BCUT2D eigenvalue weighted by Gasteiger charge is 2.41. The van der Waals surface area contributed by atoms with Gasteiger partial charge in [-0.25, -0.2) is 0 Å². The van der Waals surface area contributed by atoms with Crippen molar-refractivity contribution in [3.8, 4) is 0 Å². The van der Waals surface area contributed by atoms with E-state index in [1.807, 2.05) is 6.92 Å². The van der Waals surface area contributed by atoms with Crippen LogP contribution in [0.2, 0.25) is 0 Å². The zero-order valence-electron chi connectivity index (χ0n) is 11.5. The molecule has 0 aromatic rings. The van der Waals surface area contributed by atoms with Gasteiger partial charge in [0, 0.05) is 13.2 Å². The van der Waals surface area contributed by atoms with Gasteiger partial charge in [-0.15, -0.1) is 12.4 Å². The van der Waals surface area contributed by atoms with Crippen molar-refractivity contribution in [1.82, 2.24) is 5.32 Å². The summed E-state index contributed by atoms with van der Waals surface area (Å²) >= 11 is 0. The minimum Gasteiger partial charge on any atom is -0.372 e. The molecular formula is C13H27ClN2O2. The van der Waals surface area contributed by atoms with Gasteiger partial charge in [0.15, 0.2) is 0 Å². The van der Waals surface area contributed by atoms with Crippen LogP contribution in [0.1, 0.15) is 46.0 Å². The summed E-state index contributed by atoms with van der Waals surface area (Å²) in [7, 11) is 0. The SMILES string of the molecule is CCCCCOCC(=O)NC(C)(CN)C1CC1.Cl. The Morgan fingerprint density at radius 3 is 2.61 bits per heavy atom. The van der Waals surface area contributed by atoms with Gasteiger partial charge in [-0.3, -0.25) is 4.79 Å². The summed E-state index contributed by atoms with van der Waals surface area (Å²) in [4.78, 5) is 11.7. The first-order valence-corrected chi connectivity index (χ1v) is 6.71. The van der Waals surface area contributed by atoms with Crippen molar-refractivity contribution in [2.24, 2.45) is 11.7 Å². The van der Waals surface area contributed by atoms with Gasteiger partial charge in [0.25, 0.3) is 0 Å². The van der Waals surface area contributed by atoms with Crippen LogP contribution in [0, 0.1) is 5.92 Å². The molecule has 0 bridgehead atoms. The van der Waals surface area contributed by atoms with E-state index in [2.05, 4.69) is 12.2 Å². The second-order valence-corrected chi connectivity index (χ2v) is 5.20. The molecule has 5 heteroatoms. The first-order chi connectivity index (χ1) is 8.12. The summed E-state index contributed by atoms with van der Waals surface area (Å²) < 4.78 is 5.34. The average Bonchev–Trinajstić information content (AvgIpc) is 3.12. The number of amides is 1. The maximum Gasteiger partial charge on any atom is 0.246 e. The topological polar surface area (TPSA) is 64.3 Å². The van der Waals surface area contributed by atoms with Crippen LogP contribution in [0.25, 0.3) is 0 Å². The van der Waals surface area contributed by atoms with Crippen molar-refractivity contribution < 1.29 is 9.53 Å². The van der Waals surface area contributed by atoms with Crippen LogP contribution >= 0.6 is 12.4 Å². The van der Waals surface area contributed by atoms with Gasteiger partial charge in [0.1, 0.15) is 6.61 Å². The van der Waals surface area contributed by atoms with Crippen molar-refractivity contribution in [2.75, 3.05) is 19.8 Å². The first kappa shape index (κ1) is 17.7. The van der Waals surface area contributed by atoms with Crippen LogP contribution in [0.3, 0.4) is 0 Å². The van der Waals surface area contributed by atoms with Gasteiger partial charge >= 0.3 is 0 Å². The van der Waals surface area contributed by atoms with E-state index in [9.17, 15) is 4.79 Å². The molecule has 0 aromatic carbocycles. The summed E-state index contributed by atoms with van der Waals surface area (Å²) in [6.45, 7) is 5.50. The molecule has 1 aliphatic carbocycles. The molecule has 0 aliphatic heterocycles. The van der Waals surface area contributed by atoms with Gasteiger partial charge in [-0.2, -0.15) is 0 Å². The Balaban J connectivity index is 0.00000289. The number of hydrogen-bond donors (Lipinski definition) is 2. The van der Waals surface area contributed by atoms with E-state index >= 15 is 0 Å². The maximum atomic E-state index is 11.7. The summed E-state index contributed by atoms with van der Waals surface area (Å²) in [6.07, 6.45) is 5.70. The molecule has 4 nitrogen and oxygen atoms in total. The fourth-order valence-corrected chi connectivity index (χ4v) is 2.01. The number of hydrogen-bond acceptors (Lipinski definition) is 3. The molecule has 108 valence electrons. The third-order valence-electron chi connectivity index (χ3n) is 3.45. The Kier molecular flexibility index (Phi) is 8.57. The molecule has 18 heavy (non-hydrogen) atoms. The van der Waals surface area contributed by atoms with E-state index in [0.717, 1.165) is 12.8 Å². The zero-order valence-corrected chi connectivity index (χ0v) is 12.4. The fraction of sp³-hybridized carbons (Fsp3) is 0.923. The number of nitrogens with one attached hydrogen (secondary N) is 1. The van der Waals surface area contributed by atoms with E-state index in [4.69, 9.17) is 10.5 Å². The molecule has 0 saturated heterocycles. The highest BCUT2D eigenvalue weighted by atomic mass is 35.5. The molecule has 0 radical (unpaired) electrons. The van der Waals surface area contributed by atoms with Crippen molar-refractivity contribution in [1.29, 1.82) is 0 Å². The van der Waals surface area contributed by atoms with Crippen molar-refractivity contribution in [3.63, 3.8) is 0 Å². The Morgan fingerprint density at radius 2 is 2.11 bits per heavy atom. The van der Waals surface area contributed by atoms with Crippen LogP contribution in [0.4, 0.5) is 0 Å². The molecule has 1 aliphatic rings. The van der Waals surface area contributed by atoms with Crippen molar-refractivity contribution in [2.45, 2.75) is 51.5 Å². The number of carbonyl (C=O) groups is 1. The van der Waals surface area contributed by atoms with Gasteiger partial charge in [-0.1, -0.05) is 19.8 Å². The molecule has 1 fully saturated rings. The van der Waals surface area contributed by atoms with Crippen molar-refractivity contribution >= 4 is 18.3 Å². The Morgan fingerprint density at radius 1 is 1.44 bits per heavy atom. The van der Waals surface area contributed by atoms with Crippen LogP contribution in [-0.4, -0.2) is 31.2 Å². The first-order valence-electron chi connectivity index (χ1n) is 6.71. The molecule has 3 N–H and O–H groups in total. The molecule has 1 atom stereocenters. The molecule has 1 saturated carbocycles. The van der Waals surface area contributed by atoms with Crippen LogP contribution < -0.4 is 11.1 Å². The maximum absolute atomic E-state index is 11.7. The number of rotatable bonds is 9. The standard InChI is InChI=1S/C13H26N2O2.ClH/c1-3-4-5-8-17-9-12(16)15-13(2,10-14)11-6-7-11;/h11H,3-10,14H2,1-2H3,(H,15,16);1H. The number of ether oxygens (including phenoxy) is 1. The fourth-order valence-electron chi connectivity index (χ4n) is 2.01. The highest BCUT2D eigenvalue weighted by molar-refractivity contribution is 5.85. The van der Waals surface area contributed by atoms with E-state index in [-0.39, 0.29) is 30.5 Å². The van der Waals surface area contributed by atoms with Gasteiger partial charge < -0.3 is 15.8 Å². The monoisotopic (exact) mass is 278 g/mol. The lowest BCUT2D eigenvalue weighted by Crippen LogP contribution is -2.54. The minimum atomic E-state index is -0.232. The van der Waals surface area contributed by atoms with E-state index in [0.29, 0.717) is 19.1 Å². The molecule has 1 unspecified atom stereocenters. The lowest BCUT2D eigenvalue weighted by atomic mass is 9.96. The van der Waals surface area contributed by atoms with E-state index in [1.54, 1.807) is 0 Å². The molecule has 0 heterocycles. The largest absolute Gasteiger partial charge is 0.372 e. The minimum absolute atomic E-state index is 0. The average molecular weight is 279 g/mol. The van der Waals surface area contributed by atoms with Gasteiger partial charge in [-0.05, 0) is 32.1 Å². The number of unbranched alkanes of at least 4 members (excludes halogenated alkanes) is 2. The number of halogens is 1. The van der Waals surface area contributed by atoms with Crippen LogP contribution in [0.15, 0.2) is 0 Å². The van der Waals surface area contributed by atoms with Crippen molar-refractivity contribution in [3.05, 3.63) is 0 Å². The Hall–Kier alpha value is -0.320. The molecule has 0 aromatic heterocycles. The third kappa shape index (κ3) is 6.03. The molecular weight excluding hydrogens is 252 g/mol. The number of nitrogens with two attached hydrogens (primary N) is 1. The third-order valence-corrected chi connectivity index (χ3v) is 3.45. The molecule has 1 rings (SSSR count). The normalized spacial score (nSPS) is 17.7.